The van der Waals surface area contributed by atoms with Crippen LogP contribution in [0.4, 0.5) is 5.69 Å². The van der Waals surface area contributed by atoms with E-state index in [1.165, 1.54) is 0 Å². The summed E-state index contributed by atoms with van der Waals surface area (Å²) < 4.78 is 0. The van der Waals surface area contributed by atoms with Gasteiger partial charge in [0.2, 0.25) is 0 Å². The molecule has 7 aromatic rings. The molecule has 0 saturated carbocycles. The highest BCUT2D eigenvalue weighted by Crippen LogP contribution is 2.31. The average Bonchev–Trinajstić information content (AvgIpc) is 3.62. The Labute approximate surface area is 222 Å². The number of nitrogens with zero attached hydrogens (tertiary/aromatic N) is 5. The highest BCUT2D eigenvalue weighted by atomic mass is 16.1. The van der Waals surface area contributed by atoms with Crippen molar-refractivity contribution in [3.05, 3.63) is 109 Å². The van der Waals surface area contributed by atoms with E-state index in [0.717, 1.165) is 33.2 Å². The molecule has 7 rings (SSSR count). The van der Waals surface area contributed by atoms with Crippen LogP contribution in [0.15, 0.2) is 104 Å². The van der Waals surface area contributed by atoms with Gasteiger partial charge >= 0.3 is 0 Å². The number of carbonyl (C=O) groups is 1. The van der Waals surface area contributed by atoms with Crippen LogP contribution in [-0.2, 0) is 0 Å². The molecular weight excluding hydrogens is 488 g/mol. The zero-order valence-corrected chi connectivity index (χ0v) is 20.5. The third-order valence-electron chi connectivity index (χ3n) is 6.45. The number of carbonyl (C=O) groups excluding carboxylic acids is 1. The van der Waals surface area contributed by atoms with Crippen molar-refractivity contribution in [2.24, 2.45) is 0 Å². The first-order chi connectivity index (χ1) is 19.2. The lowest BCUT2D eigenvalue weighted by Gasteiger charge is -2.07. The van der Waals surface area contributed by atoms with Crippen LogP contribution in [0, 0.1) is 0 Å². The van der Waals surface area contributed by atoms with Crippen LogP contribution in [0.5, 0.6) is 0 Å². The van der Waals surface area contributed by atoms with Gasteiger partial charge in [-0.15, -0.1) is 0 Å². The summed E-state index contributed by atoms with van der Waals surface area (Å²) in [6.45, 7) is 0. The molecule has 0 saturated heterocycles. The van der Waals surface area contributed by atoms with E-state index in [2.05, 4.69) is 30.5 Å². The normalized spacial score (nSPS) is 11.2. The summed E-state index contributed by atoms with van der Waals surface area (Å²) in [4.78, 5) is 34.4. The number of aromatic amines is 2. The standard InChI is InChI=1S/C30H20N8O/c39-30(18-6-2-1-3-7-18)33-21-14-20(16-32-17-21)23-11-12-25-27(34-23)28(38-37-25)29-35-24-10-4-9-22(26(24)36-29)19-8-5-13-31-15-19/h1-17H,(H,33,39)(H,35,36)(H,37,38). The summed E-state index contributed by atoms with van der Waals surface area (Å²) in [6, 6.07) is 24.6. The number of imidazole rings is 1. The van der Waals surface area contributed by atoms with Crippen LogP contribution >= 0.6 is 0 Å². The van der Waals surface area contributed by atoms with Crippen LogP contribution in [0.1, 0.15) is 10.4 Å². The number of pyridine rings is 3. The first-order valence-corrected chi connectivity index (χ1v) is 12.3. The summed E-state index contributed by atoms with van der Waals surface area (Å²) in [5.74, 6) is 0.407. The number of hydrogen-bond donors (Lipinski definition) is 3. The third-order valence-corrected chi connectivity index (χ3v) is 6.45. The Morgan fingerprint density at radius 2 is 1.64 bits per heavy atom. The van der Waals surface area contributed by atoms with E-state index in [0.29, 0.717) is 34.0 Å². The van der Waals surface area contributed by atoms with E-state index in [1.807, 2.05) is 72.9 Å². The van der Waals surface area contributed by atoms with Crippen LogP contribution < -0.4 is 5.32 Å². The molecule has 0 atom stereocenters. The predicted molar refractivity (Wildman–Crippen MR) is 150 cm³/mol. The molecule has 5 heterocycles. The number of hydrogen-bond acceptors (Lipinski definition) is 6. The minimum absolute atomic E-state index is 0.203. The molecule has 9 heteroatoms. The van der Waals surface area contributed by atoms with Gasteiger partial charge < -0.3 is 10.3 Å². The Balaban J connectivity index is 1.25. The topological polar surface area (TPSA) is 125 Å². The monoisotopic (exact) mass is 508 g/mol. The Hall–Kier alpha value is -5.70. The van der Waals surface area contributed by atoms with Gasteiger partial charge in [-0.05, 0) is 42.5 Å². The van der Waals surface area contributed by atoms with Gasteiger partial charge in [0.05, 0.1) is 34.1 Å². The number of benzene rings is 2. The van der Waals surface area contributed by atoms with Gasteiger partial charge in [0.25, 0.3) is 5.91 Å². The fourth-order valence-corrected chi connectivity index (χ4v) is 4.57. The third kappa shape index (κ3) is 4.17. The summed E-state index contributed by atoms with van der Waals surface area (Å²) >= 11 is 0. The molecule has 0 spiro atoms. The SMILES string of the molecule is O=C(Nc1cncc(-c2ccc3[nH]nc(-c4nc5c(-c6cccnc6)cccc5[nH]4)c3n2)c1)c1ccccc1. The highest BCUT2D eigenvalue weighted by Gasteiger charge is 2.17. The van der Waals surface area contributed by atoms with Crippen molar-refractivity contribution >= 4 is 33.7 Å². The number of anilines is 1. The van der Waals surface area contributed by atoms with Crippen molar-refractivity contribution in [1.29, 1.82) is 0 Å². The molecule has 0 fully saturated rings. The molecule has 0 aliphatic carbocycles. The maximum atomic E-state index is 12.6. The molecule has 0 bridgehead atoms. The van der Waals surface area contributed by atoms with Crippen molar-refractivity contribution < 1.29 is 4.79 Å². The second-order valence-corrected chi connectivity index (χ2v) is 8.98. The lowest BCUT2D eigenvalue weighted by Crippen LogP contribution is -2.11. The highest BCUT2D eigenvalue weighted by molar-refractivity contribution is 6.04. The minimum Gasteiger partial charge on any atom is -0.336 e. The smallest absolute Gasteiger partial charge is 0.255 e. The fraction of sp³-hybridized carbons (Fsp3) is 0. The number of nitrogens with one attached hydrogen (secondary N) is 3. The van der Waals surface area contributed by atoms with Gasteiger partial charge in [-0.25, -0.2) is 9.97 Å². The maximum Gasteiger partial charge on any atom is 0.255 e. The largest absolute Gasteiger partial charge is 0.336 e. The molecule has 39 heavy (non-hydrogen) atoms. The fourth-order valence-electron chi connectivity index (χ4n) is 4.57. The van der Waals surface area contributed by atoms with Gasteiger partial charge in [0.1, 0.15) is 5.52 Å². The first-order valence-electron chi connectivity index (χ1n) is 12.3. The van der Waals surface area contributed by atoms with Gasteiger partial charge in [-0.1, -0.05) is 36.4 Å². The summed E-state index contributed by atoms with van der Waals surface area (Å²) in [6.07, 6.45) is 6.90. The maximum absolute atomic E-state index is 12.6. The van der Waals surface area contributed by atoms with Gasteiger partial charge in [-0.3, -0.25) is 19.9 Å². The van der Waals surface area contributed by atoms with Crippen LogP contribution in [0.25, 0.3) is 56.0 Å². The van der Waals surface area contributed by atoms with E-state index >= 15 is 0 Å². The van der Waals surface area contributed by atoms with Crippen LogP contribution in [0.3, 0.4) is 0 Å². The number of H-pyrrole nitrogens is 2. The number of rotatable bonds is 5. The second kappa shape index (κ2) is 9.31. The predicted octanol–water partition coefficient (Wildman–Crippen LogP) is 5.88. The van der Waals surface area contributed by atoms with Gasteiger partial charge in [0, 0.05) is 40.8 Å². The molecule has 9 nitrogen and oxygen atoms in total. The lowest BCUT2D eigenvalue weighted by molar-refractivity contribution is 0.102. The van der Waals surface area contributed by atoms with E-state index in [4.69, 9.17) is 9.97 Å². The molecule has 3 N–H and O–H groups in total. The van der Waals surface area contributed by atoms with E-state index < -0.39 is 0 Å². The van der Waals surface area contributed by atoms with Crippen LogP contribution in [-0.4, -0.2) is 41.0 Å². The summed E-state index contributed by atoms with van der Waals surface area (Å²) in [5.41, 5.74) is 8.37. The lowest BCUT2D eigenvalue weighted by atomic mass is 10.1. The van der Waals surface area contributed by atoms with Crippen LogP contribution in [0.2, 0.25) is 0 Å². The number of para-hydroxylation sites is 1. The first kappa shape index (κ1) is 22.5. The van der Waals surface area contributed by atoms with E-state index in [-0.39, 0.29) is 5.91 Å². The quantitative estimate of drug-likeness (QED) is 0.267. The van der Waals surface area contributed by atoms with Gasteiger partial charge in [0.15, 0.2) is 11.5 Å². The molecule has 0 radical (unpaired) electrons. The number of fused-ring (bicyclic) bond motifs is 2. The second-order valence-electron chi connectivity index (χ2n) is 8.98. The zero-order chi connectivity index (χ0) is 26.2. The zero-order valence-electron chi connectivity index (χ0n) is 20.5. The minimum atomic E-state index is -0.203. The van der Waals surface area contributed by atoms with E-state index in [9.17, 15) is 4.79 Å². The summed E-state index contributed by atoms with van der Waals surface area (Å²) in [5, 5.41) is 10.5. The van der Waals surface area contributed by atoms with Gasteiger partial charge in [-0.2, -0.15) is 5.10 Å². The molecule has 0 unspecified atom stereocenters. The molecular formula is C30H20N8O. The molecule has 0 aliphatic heterocycles. The molecule has 2 aromatic carbocycles. The summed E-state index contributed by atoms with van der Waals surface area (Å²) in [7, 11) is 0. The van der Waals surface area contributed by atoms with Crippen molar-refractivity contribution in [2.45, 2.75) is 0 Å². The molecule has 5 aromatic heterocycles. The Morgan fingerprint density at radius 1 is 0.744 bits per heavy atom. The number of aromatic nitrogens is 7. The van der Waals surface area contributed by atoms with Crippen molar-refractivity contribution in [2.75, 3.05) is 5.32 Å². The number of amides is 1. The Morgan fingerprint density at radius 3 is 2.51 bits per heavy atom. The molecule has 186 valence electrons. The van der Waals surface area contributed by atoms with Crippen molar-refractivity contribution in [3.8, 4) is 33.9 Å². The van der Waals surface area contributed by atoms with E-state index in [1.54, 1.807) is 30.7 Å². The molecule has 0 aliphatic rings. The molecule has 1 amide bonds. The average molecular weight is 509 g/mol. The van der Waals surface area contributed by atoms with Crippen molar-refractivity contribution in [1.82, 2.24) is 35.1 Å². The Bertz CT molecular complexity index is 1960. The van der Waals surface area contributed by atoms with Crippen molar-refractivity contribution in [3.63, 3.8) is 0 Å². The Kier molecular flexibility index (Phi) is 5.37.